The minimum absolute atomic E-state index is 0.710. The van der Waals surface area contributed by atoms with E-state index in [2.05, 4.69) is 16.0 Å². The van der Waals surface area contributed by atoms with Gasteiger partial charge in [-0.3, -0.25) is 4.90 Å². The summed E-state index contributed by atoms with van der Waals surface area (Å²) in [5.41, 5.74) is 9.43. The number of nitrogens with one attached hydrogen (secondary N) is 1. The summed E-state index contributed by atoms with van der Waals surface area (Å²) in [4.78, 5) is 11.0. The number of nitrogens with zero attached hydrogens (tertiary/aromatic N) is 1. The first-order chi connectivity index (χ1) is 5.66. The molecule has 0 atom stereocenters. The van der Waals surface area contributed by atoms with Gasteiger partial charge in [0.1, 0.15) is 0 Å². The molecule has 0 aliphatic carbocycles. The average Bonchev–Trinajstić information content (AvgIpc) is 2.05. The van der Waals surface area contributed by atoms with E-state index in [0.717, 1.165) is 26.2 Å². The van der Waals surface area contributed by atoms with Crippen molar-refractivity contribution in [3.63, 3.8) is 0 Å². The summed E-state index contributed by atoms with van der Waals surface area (Å²) in [6.45, 7) is 5.11. The fraction of sp³-hybridized carbons (Fsp3) is 0.833. The van der Waals surface area contributed by atoms with Crippen molar-refractivity contribution in [2.45, 2.75) is 0 Å². The van der Waals surface area contributed by atoms with Crippen LogP contribution in [-0.2, 0) is 0 Å². The summed E-state index contributed by atoms with van der Waals surface area (Å²) >= 11 is 0. The molecule has 0 aromatic rings. The highest BCUT2D eigenvalue weighted by Crippen LogP contribution is 1.85. The second-order valence-corrected chi connectivity index (χ2v) is 2.39. The number of carbonyl (C=O) groups is 1. The predicted molar refractivity (Wildman–Crippen MR) is 45.7 cm³/mol. The van der Waals surface area contributed by atoms with Gasteiger partial charge in [0.2, 0.25) is 0 Å². The van der Waals surface area contributed by atoms with Gasteiger partial charge in [-0.25, -0.2) is 4.79 Å². The number of carboxylic acid groups (broad SMARTS) is 1. The van der Waals surface area contributed by atoms with Crippen LogP contribution in [0.2, 0.25) is 0 Å². The second kappa shape index (κ2) is 6.84. The van der Waals surface area contributed by atoms with Crippen molar-refractivity contribution < 1.29 is 9.90 Å². The van der Waals surface area contributed by atoms with Gasteiger partial charge in [-0.2, -0.15) is 0 Å². The van der Waals surface area contributed by atoms with Gasteiger partial charge in [-0.1, -0.05) is 0 Å². The lowest BCUT2D eigenvalue weighted by Crippen LogP contribution is -2.45. The van der Waals surface area contributed by atoms with Crippen LogP contribution < -0.4 is 16.8 Å². The molecule has 0 saturated carbocycles. The summed E-state index contributed by atoms with van der Waals surface area (Å²) in [6, 6.07) is 0. The Morgan fingerprint density at radius 1 is 1.50 bits per heavy atom. The summed E-state index contributed by atoms with van der Waals surface area (Å²) in [7, 11) is 0. The molecular weight excluding hydrogens is 160 g/mol. The minimum atomic E-state index is -1.33. The second-order valence-electron chi connectivity index (χ2n) is 2.39. The zero-order chi connectivity index (χ0) is 9.40. The van der Waals surface area contributed by atoms with Crippen molar-refractivity contribution in [3.8, 4) is 0 Å². The Bertz CT molecular complexity index is 121. The van der Waals surface area contributed by atoms with Gasteiger partial charge in [0.05, 0.1) is 0 Å². The zero-order valence-electron chi connectivity index (χ0n) is 6.99. The number of primary amides is 1. The topological polar surface area (TPSA) is 105 Å². The highest BCUT2D eigenvalue weighted by Gasteiger charge is 2.04. The molecule has 1 saturated heterocycles. The van der Waals surface area contributed by atoms with Crippen molar-refractivity contribution in [2.24, 2.45) is 11.5 Å². The third-order valence-electron chi connectivity index (χ3n) is 1.47. The van der Waals surface area contributed by atoms with Crippen LogP contribution in [-0.4, -0.2) is 48.9 Å². The van der Waals surface area contributed by atoms with Crippen LogP contribution in [0.4, 0.5) is 4.79 Å². The largest absolute Gasteiger partial charge is 0.465 e. The van der Waals surface area contributed by atoms with Crippen LogP contribution in [0.25, 0.3) is 0 Å². The number of hydrogen-bond acceptors (Lipinski definition) is 4. The highest BCUT2D eigenvalue weighted by molar-refractivity contribution is 5.61. The SMILES string of the molecule is NC(=O)O.NCN1CCNCC1. The summed E-state index contributed by atoms with van der Waals surface area (Å²) in [5.74, 6) is 0. The highest BCUT2D eigenvalue weighted by atomic mass is 16.4. The number of hydrogen-bond donors (Lipinski definition) is 4. The maximum atomic E-state index is 8.78. The molecule has 6 heteroatoms. The Balaban J connectivity index is 0.000000261. The number of rotatable bonds is 1. The van der Waals surface area contributed by atoms with Crippen molar-refractivity contribution in [1.29, 1.82) is 0 Å². The van der Waals surface area contributed by atoms with Gasteiger partial charge in [0.15, 0.2) is 0 Å². The van der Waals surface area contributed by atoms with E-state index in [1.54, 1.807) is 0 Å². The molecule has 0 aromatic carbocycles. The maximum Gasteiger partial charge on any atom is 0.402 e. The van der Waals surface area contributed by atoms with Crippen LogP contribution in [0.5, 0.6) is 0 Å². The van der Waals surface area contributed by atoms with Crippen LogP contribution in [0.3, 0.4) is 0 Å². The lowest BCUT2D eigenvalue weighted by atomic mass is 10.4. The normalized spacial score (nSPS) is 17.8. The number of piperazine rings is 1. The molecule has 6 nitrogen and oxygen atoms in total. The van der Waals surface area contributed by atoms with Crippen molar-refractivity contribution in [2.75, 3.05) is 32.8 Å². The first-order valence-corrected chi connectivity index (χ1v) is 3.78. The Morgan fingerprint density at radius 3 is 2.17 bits per heavy atom. The third-order valence-corrected chi connectivity index (χ3v) is 1.47. The van der Waals surface area contributed by atoms with Gasteiger partial charge in [-0.05, 0) is 0 Å². The van der Waals surface area contributed by atoms with E-state index in [-0.39, 0.29) is 0 Å². The molecule has 0 unspecified atom stereocenters. The lowest BCUT2D eigenvalue weighted by molar-refractivity contribution is 0.205. The van der Waals surface area contributed by atoms with Gasteiger partial charge in [-0.15, -0.1) is 0 Å². The molecule has 0 bridgehead atoms. The first kappa shape index (κ1) is 11.2. The monoisotopic (exact) mass is 176 g/mol. The Morgan fingerprint density at radius 2 is 1.92 bits per heavy atom. The number of nitrogens with two attached hydrogens (primary N) is 2. The summed E-state index contributed by atoms with van der Waals surface area (Å²) in [5, 5.41) is 10.4. The van der Waals surface area contributed by atoms with Crippen molar-refractivity contribution >= 4 is 6.09 Å². The molecule has 1 rings (SSSR count). The Kier molecular flexibility index (Phi) is 6.35. The fourth-order valence-electron chi connectivity index (χ4n) is 0.894. The van der Waals surface area contributed by atoms with Crippen molar-refractivity contribution in [1.82, 2.24) is 10.2 Å². The Hall–Kier alpha value is -0.850. The van der Waals surface area contributed by atoms with Crippen molar-refractivity contribution in [3.05, 3.63) is 0 Å². The molecular formula is C6H16N4O2. The van der Waals surface area contributed by atoms with Gasteiger partial charge < -0.3 is 21.9 Å². The van der Waals surface area contributed by atoms with E-state index in [0.29, 0.717) is 6.67 Å². The van der Waals surface area contributed by atoms with E-state index in [1.807, 2.05) is 0 Å². The fourth-order valence-corrected chi connectivity index (χ4v) is 0.894. The quantitative estimate of drug-likeness (QED) is 0.386. The van der Waals surface area contributed by atoms with E-state index in [1.165, 1.54) is 0 Å². The zero-order valence-corrected chi connectivity index (χ0v) is 6.99. The van der Waals surface area contributed by atoms with Gasteiger partial charge in [0.25, 0.3) is 0 Å². The minimum Gasteiger partial charge on any atom is -0.465 e. The van der Waals surface area contributed by atoms with E-state index < -0.39 is 6.09 Å². The lowest BCUT2D eigenvalue weighted by Gasteiger charge is -2.24. The molecule has 0 spiro atoms. The standard InChI is InChI=1S/C5H13N3.CH3NO2/c6-5-8-3-1-7-2-4-8;2-1(3)4/h7H,1-6H2;2H2,(H,3,4). The van der Waals surface area contributed by atoms with Crippen LogP contribution in [0, 0.1) is 0 Å². The molecule has 12 heavy (non-hydrogen) atoms. The molecule has 1 amide bonds. The molecule has 0 aromatic heterocycles. The third kappa shape index (κ3) is 7.26. The molecule has 1 aliphatic rings. The van der Waals surface area contributed by atoms with E-state index >= 15 is 0 Å². The number of amides is 1. The maximum absolute atomic E-state index is 8.78. The van der Waals surface area contributed by atoms with Gasteiger partial charge in [0, 0.05) is 32.8 Å². The molecule has 0 radical (unpaired) electrons. The van der Waals surface area contributed by atoms with E-state index in [4.69, 9.17) is 15.6 Å². The molecule has 72 valence electrons. The Labute approximate surface area is 71.5 Å². The predicted octanol–water partition coefficient (Wildman–Crippen LogP) is -1.57. The van der Waals surface area contributed by atoms with E-state index in [9.17, 15) is 0 Å². The molecule has 1 aliphatic heterocycles. The van der Waals surface area contributed by atoms with Gasteiger partial charge >= 0.3 is 6.09 Å². The summed E-state index contributed by atoms with van der Waals surface area (Å²) < 4.78 is 0. The molecule has 1 heterocycles. The smallest absolute Gasteiger partial charge is 0.402 e. The first-order valence-electron chi connectivity index (χ1n) is 3.78. The van der Waals surface area contributed by atoms with Crippen LogP contribution >= 0.6 is 0 Å². The van der Waals surface area contributed by atoms with Crippen LogP contribution in [0.15, 0.2) is 0 Å². The average molecular weight is 176 g/mol. The molecule has 6 N–H and O–H groups in total. The summed E-state index contributed by atoms with van der Waals surface area (Å²) in [6.07, 6.45) is -1.33. The van der Waals surface area contributed by atoms with Crippen LogP contribution in [0.1, 0.15) is 0 Å². The molecule has 1 fully saturated rings.